The number of hydrogen-bond acceptors (Lipinski definition) is 3. The quantitative estimate of drug-likeness (QED) is 0.215. The number of benzene rings is 2. The van der Waals surface area contributed by atoms with Crippen LogP contribution >= 0.6 is 0 Å². The van der Waals surface area contributed by atoms with Gasteiger partial charge in [-0.2, -0.15) is 0 Å². The molecular weight excluding hydrogens is 596 g/mol. The topological polar surface area (TPSA) is 37.6 Å². The van der Waals surface area contributed by atoms with Gasteiger partial charge >= 0.3 is 18.6 Å². The van der Waals surface area contributed by atoms with Gasteiger partial charge in [0.15, 0.2) is 0 Å². The Morgan fingerprint density at radius 3 is 1.17 bits per heavy atom. The first kappa shape index (κ1) is 40.1. The van der Waals surface area contributed by atoms with E-state index in [1.807, 2.05) is 12.4 Å². The predicted octanol–water partition coefficient (Wildman–Crippen LogP) is 4.27. The van der Waals surface area contributed by atoms with E-state index in [-0.39, 0.29) is 43.4 Å². The van der Waals surface area contributed by atoms with Crippen molar-refractivity contribution in [2.24, 2.45) is 9.98 Å². The molecule has 1 radical (unpaired) electrons. The molecule has 0 unspecified atom stereocenters. The zero-order valence-corrected chi connectivity index (χ0v) is 29.2. The number of nitrogens with zero attached hydrogens (tertiary/aromatic N) is 3. The van der Waals surface area contributed by atoms with Gasteiger partial charge in [-0.25, -0.2) is 4.98 Å². The fourth-order valence-corrected chi connectivity index (χ4v) is 5.01. The van der Waals surface area contributed by atoms with E-state index in [0.717, 1.165) is 48.4 Å². The second kappa shape index (κ2) is 22.6. The van der Waals surface area contributed by atoms with Gasteiger partial charge in [-0.05, 0) is 98.2 Å². The van der Waals surface area contributed by atoms with Crippen molar-refractivity contribution < 1.29 is 43.4 Å². The van der Waals surface area contributed by atoms with E-state index in [4.69, 9.17) is 15.0 Å². The van der Waals surface area contributed by atoms with Crippen LogP contribution in [0, 0.1) is 6.92 Å². The molecule has 0 atom stereocenters. The molecule has 0 spiro atoms. The van der Waals surface area contributed by atoms with E-state index in [0.29, 0.717) is 0 Å². The van der Waals surface area contributed by atoms with Crippen LogP contribution in [-0.4, -0.2) is 17.4 Å². The van der Waals surface area contributed by atoms with Crippen molar-refractivity contribution in [3.05, 3.63) is 87.7 Å². The summed E-state index contributed by atoms with van der Waals surface area (Å²) in [5.41, 5.74) is 10.6. The van der Waals surface area contributed by atoms with Gasteiger partial charge in [0, 0.05) is 0 Å². The zero-order chi connectivity index (χ0) is 27.9. The second-order valence-electron chi connectivity index (χ2n) is 10.8. The number of aromatic nitrogens is 1. The summed E-state index contributed by atoms with van der Waals surface area (Å²) in [6, 6.07) is 17.6. The minimum absolute atomic E-state index is 0. The molecule has 0 bridgehead atoms. The number of aliphatic imine (C=N–C) groups is 2. The van der Waals surface area contributed by atoms with E-state index >= 15 is 0 Å². The van der Waals surface area contributed by atoms with Crippen molar-refractivity contribution in [3.8, 4) is 0 Å². The van der Waals surface area contributed by atoms with Crippen molar-refractivity contribution in [2.45, 2.75) is 112 Å². The third-order valence-electron chi connectivity index (χ3n) is 7.27. The molecular formula is C36H49Cl2N3V. The van der Waals surface area contributed by atoms with Gasteiger partial charge in [-0.3, -0.25) is 9.98 Å². The van der Waals surface area contributed by atoms with E-state index < -0.39 is 0 Å². The summed E-state index contributed by atoms with van der Waals surface area (Å²) in [5.74, 6) is 0. The van der Waals surface area contributed by atoms with Crippen LogP contribution in [0.15, 0.2) is 58.5 Å². The molecule has 0 aliphatic rings. The third-order valence-corrected chi connectivity index (χ3v) is 7.27. The molecule has 2 aromatic carbocycles. The van der Waals surface area contributed by atoms with Gasteiger partial charge in [0.05, 0.1) is 35.2 Å². The second-order valence-corrected chi connectivity index (χ2v) is 10.8. The van der Waals surface area contributed by atoms with Crippen molar-refractivity contribution in [1.82, 2.24) is 4.98 Å². The molecule has 3 aromatic rings. The first-order valence-electron chi connectivity index (χ1n) is 15.4. The number of pyridine rings is 1. The largest absolute Gasteiger partial charge is 2.00 e. The van der Waals surface area contributed by atoms with Gasteiger partial charge in [-0.1, -0.05) is 89.8 Å². The van der Waals surface area contributed by atoms with Crippen LogP contribution < -0.4 is 24.8 Å². The normalized spacial score (nSPS) is 10.9. The summed E-state index contributed by atoms with van der Waals surface area (Å²) < 4.78 is 0. The molecule has 227 valence electrons. The number of hydrogen-bond donors (Lipinski definition) is 0. The standard InChI is InChI=1S/C36H49N3.2ClH.V/c1-6-10-16-29-20-14-21-30(17-11-7-2)35(29)37-26-33-24-28(5)25-34(39-33)27-38-36-31(18-12-8-3)22-15-23-32(36)19-13-9-4;;;/h14-15,20-27H,6-13,16-19H2,1-5H3;2*1H;/q;;;+2/p-2. The molecule has 0 N–H and O–H groups in total. The Kier molecular flexibility index (Phi) is 21.6. The maximum Gasteiger partial charge on any atom is 2.00 e. The Hall–Kier alpha value is -1.91. The van der Waals surface area contributed by atoms with Gasteiger partial charge in [-0.15, -0.1) is 0 Å². The van der Waals surface area contributed by atoms with Crippen LogP contribution in [0.5, 0.6) is 0 Å². The molecule has 3 rings (SSSR count). The van der Waals surface area contributed by atoms with Gasteiger partial charge < -0.3 is 24.8 Å². The Labute approximate surface area is 280 Å². The molecule has 0 amide bonds. The summed E-state index contributed by atoms with van der Waals surface area (Å²) in [4.78, 5) is 15.0. The average Bonchev–Trinajstić information content (AvgIpc) is 2.95. The minimum atomic E-state index is 0. The molecule has 3 nitrogen and oxygen atoms in total. The smallest absolute Gasteiger partial charge is 1.00 e. The molecule has 42 heavy (non-hydrogen) atoms. The fourth-order valence-electron chi connectivity index (χ4n) is 5.01. The van der Waals surface area contributed by atoms with Crippen LogP contribution in [0.4, 0.5) is 11.4 Å². The van der Waals surface area contributed by atoms with Gasteiger partial charge in [0.25, 0.3) is 0 Å². The van der Waals surface area contributed by atoms with E-state index in [1.54, 1.807) is 0 Å². The Balaban J connectivity index is 0.00000560. The average molecular weight is 646 g/mol. The number of rotatable bonds is 16. The molecule has 1 aromatic heterocycles. The first-order chi connectivity index (χ1) is 19.1. The fraction of sp³-hybridized carbons (Fsp3) is 0.472. The van der Waals surface area contributed by atoms with Crippen molar-refractivity contribution in [1.29, 1.82) is 0 Å². The van der Waals surface area contributed by atoms with Crippen LogP contribution in [0.25, 0.3) is 0 Å². The molecule has 0 fully saturated rings. The molecule has 6 heteroatoms. The predicted molar refractivity (Wildman–Crippen MR) is 171 cm³/mol. The minimum Gasteiger partial charge on any atom is -1.00 e. The summed E-state index contributed by atoms with van der Waals surface area (Å²) in [5, 5.41) is 0. The zero-order valence-electron chi connectivity index (χ0n) is 26.3. The summed E-state index contributed by atoms with van der Waals surface area (Å²) in [7, 11) is 0. The number of para-hydroxylation sites is 2. The van der Waals surface area contributed by atoms with Crippen molar-refractivity contribution >= 4 is 23.8 Å². The molecule has 0 aliphatic heterocycles. The monoisotopic (exact) mass is 644 g/mol. The molecule has 1 heterocycles. The van der Waals surface area contributed by atoms with Crippen LogP contribution in [0.1, 0.15) is 118 Å². The van der Waals surface area contributed by atoms with Crippen molar-refractivity contribution in [2.75, 3.05) is 0 Å². The molecule has 0 saturated carbocycles. The summed E-state index contributed by atoms with van der Waals surface area (Å²) >= 11 is 0. The van der Waals surface area contributed by atoms with E-state index in [9.17, 15) is 0 Å². The summed E-state index contributed by atoms with van der Waals surface area (Å²) in [6.07, 6.45) is 17.7. The maximum atomic E-state index is 5.05. The Bertz CT molecular complexity index is 1100. The van der Waals surface area contributed by atoms with Crippen LogP contribution in [-0.2, 0) is 44.2 Å². The van der Waals surface area contributed by atoms with Crippen LogP contribution in [0.3, 0.4) is 0 Å². The third kappa shape index (κ3) is 12.8. The van der Waals surface area contributed by atoms with Gasteiger partial charge in [0.1, 0.15) is 0 Å². The van der Waals surface area contributed by atoms with Gasteiger partial charge in [0.2, 0.25) is 0 Å². The Morgan fingerprint density at radius 1 is 0.571 bits per heavy atom. The summed E-state index contributed by atoms with van der Waals surface area (Å²) in [6.45, 7) is 11.1. The maximum absolute atomic E-state index is 5.05. The van der Waals surface area contributed by atoms with E-state index in [2.05, 4.69) is 83.1 Å². The SMILES string of the molecule is CCCCc1cccc(CCCC)c1N=Cc1cc(C)cc(C=Nc2c(CCCC)cccc2CCCC)n1.[Cl-].[Cl-].[V+2]. The number of aryl methyl sites for hydroxylation is 5. The van der Waals surface area contributed by atoms with Crippen molar-refractivity contribution in [3.63, 3.8) is 0 Å². The molecule has 0 saturated heterocycles. The number of unbranched alkanes of at least 4 members (excludes halogenated alkanes) is 4. The number of halogens is 2. The van der Waals surface area contributed by atoms with Crippen LogP contribution in [0.2, 0.25) is 0 Å². The Morgan fingerprint density at radius 2 is 0.881 bits per heavy atom. The first-order valence-corrected chi connectivity index (χ1v) is 15.4. The van der Waals surface area contributed by atoms with E-state index in [1.165, 1.54) is 79.2 Å². The molecule has 0 aliphatic carbocycles.